The van der Waals surface area contributed by atoms with Crippen molar-refractivity contribution in [3.8, 4) is 0 Å². The SMILES string of the molecule is Cc1nc2ccc(Cl)cc2cc1C(=O)NCc1ccc(S(=O)(=O)N2CCOCC2)s1. The third-order valence-electron chi connectivity index (χ3n) is 4.84. The summed E-state index contributed by atoms with van der Waals surface area (Å²) < 4.78 is 32.4. The lowest BCUT2D eigenvalue weighted by molar-refractivity contribution is 0.0731. The van der Waals surface area contributed by atoms with Crippen LogP contribution in [0.25, 0.3) is 10.9 Å². The van der Waals surface area contributed by atoms with Gasteiger partial charge in [-0.2, -0.15) is 4.31 Å². The topological polar surface area (TPSA) is 88.6 Å². The van der Waals surface area contributed by atoms with E-state index in [0.29, 0.717) is 42.6 Å². The van der Waals surface area contributed by atoms with E-state index in [1.165, 1.54) is 4.31 Å². The highest BCUT2D eigenvalue weighted by Gasteiger charge is 2.27. The van der Waals surface area contributed by atoms with Crippen molar-refractivity contribution in [2.75, 3.05) is 26.3 Å². The predicted molar refractivity (Wildman–Crippen MR) is 117 cm³/mol. The third-order valence-corrected chi connectivity index (χ3v) is 8.52. The Labute approximate surface area is 183 Å². The number of nitrogens with one attached hydrogen (secondary N) is 1. The Morgan fingerprint density at radius 3 is 2.77 bits per heavy atom. The highest BCUT2D eigenvalue weighted by atomic mass is 35.5. The van der Waals surface area contributed by atoms with Crippen molar-refractivity contribution >= 4 is 49.8 Å². The quantitative estimate of drug-likeness (QED) is 0.625. The number of morpholine rings is 1. The van der Waals surface area contributed by atoms with Crippen LogP contribution in [0, 0.1) is 6.92 Å². The number of nitrogens with zero attached hydrogens (tertiary/aromatic N) is 2. The first kappa shape index (κ1) is 21.2. The maximum Gasteiger partial charge on any atom is 0.253 e. The number of aromatic nitrogens is 1. The molecule has 1 aliphatic rings. The molecule has 0 atom stereocenters. The molecule has 2 aromatic heterocycles. The van der Waals surface area contributed by atoms with Gasteiger partial charge >= 0.3 is 0 Å². The number of sulfonamides is 1. The zero-order valence-electron chi connectivity index (χ0n) is 16.2. The minimum Gasteiger partial charge on any atom is -0.379 e. The molecule has 0 aliphatic carbocycles. The van der Waals surface area contributed by atoms with Crippen LogP contribution in [0.4, 0.5) is 0 Å². The molecule has 1 saturated heterocycles. The van der Waals surface area contributed by atoms with Crippen molar-refractivity contribution in [2.24, 2.45) is 0 Å². The van der Waals surface area contributed by atoms with Crippen molar-refractivity contribution in [3.63, 3.8) is 0 Å². The summed E-state index contributed by atoms with van der Waals surface area (Å²) >= 11 is 7.20. The Kier molecular flexibility index (Phi) is 6.08. The minimum atomic E-state index is -3.53. The molecule has 158 valence electrons. The smallest absolute Gasteiger partial charge is 0.253 e. The molecule has 7 nitrogen and oxygen atoms in total. The summed E-state index contributed by atoms with van der Waals surface area (Å²) in [6.07, 6.45) is 0. The average molecular weight is 466 g/mol. The van der Waals surface area contributed by atoms with E-state index >= 15 is 0 Å². The fraction of sp³-hybridized carbons (Fsp3) is 0.300. The zero-order chi connectivity index (χ0) is 21.3. The summed E-state index contributed by atoms with van der Waals surface area (Å²) in [4.78, 5) is 17.9. The largest absolute Gasteiger partial charge is 0.379 e. The molecule has 1 amide bonds. The number of ether oxygens (including phenoxy) is 1. The lowest BCUT2D eigenvalue weighted by Crippen LogP contribution is -2.40. The van der Waals surface area contributed by atoms with E-state index in [9.17, 15) is 13.2 Å². The second-order valence-electron chi connectivity index (χ2n) is 6.88. The molecule has 3 heterocycles. The number of carbonyl (C=O) groups is 1. The number of hydrogen-bond acceptors (Lipinski definition) is 6. The van der Waals surface area contributed by atoms with Crippen LogP contribution in [0.15, 0.2) is 40.6 Å². The molecule has 30 heavy (non-hydrogen) atoms. The highest BCUT2D eigenvalue weighted by Crippen LogP contribution is 2.26. The number of fused-ring (bicyclic) bond motifs is 1. The number of rotatable bonds is 5. The highest BCUT2D eigenvalue weighted by molar-refractivity contribution is 7.91. The Balaban J connectivity index is 1.47. The van der Waals surface area contributed by atoms with E-state index in [0.717, 1.165) is 27.1 Å². The van der Waals surface area contributed by atoms with Gasteiger partial charge in [0, 0.05) is 28.4 Å². The van der Waals surface area contributed by atoms with E-state index in [2.05, 4.69) is 10.3 Å². The second-order valence-corrected chi connectivity index (χ2v) is 10.6. The van der Waals surface area contributed by atoms with E-state index < -0.39 is 10.0 Å². The normalized spacial score (nSPS) is 15.4. The van der Waals surface area contributed by atoms with Crippen LogP contribution in [0.1, 0.15) is 20.9 Å². The van der Waals surface area contributed by atoms with Crippen molar-refractivity contribution < 1.29 is 17.9 Å². The van der Waals surface area contributed by atoms with Gasteiger partial charge < -0.3 is 10.1 Å². The zero-order valence-corrected chi connectivity index (χ0v) is 18.6. The number of aryl methyl sites for hydroxylation is 1. The van der Waals surface area contributed by atoms with E-state index in [4.69, 9.17) is 16.3 Å². The second kappa shape index (κ2) is 8.60. The first-order valence-corrected chi connectivity index (χ1v) is 12.0. The van der Waals surface area contributed by atoms with Gasteiger partial charge in [-0.3, -0.25) is 9.78 Å². The number of pyridine rings is 1. The number of carbonyl (C=O) groups excluding carboxylic acids is 1. The summed E-state index contributed by atoms with van der Waals surface area (Å²) in [5.41, 5.74) is 1.84. The Morgan fingerprint density at radius 2 is 2.00 bits per heavy atom. The Bertz CT molecular complexity index is 1200. The minimum absolute atomic E-state index is 0.231. The molecule has 1 N–H and O–H groups in total. The van der Waals surface area contributed by atoms with Crippen molar-refractivity contribution in [1.82, 2.24) is 14.6 Å². The lowest BCUT2D eigenvalue weighted by atomic mass is 10.1. The number of halogens is 1. The van der Waals surface area contributed by atoms with E-state index in [1.807, 2.05) is 6.07 Å². The van der Waals surface area contributed by atoms with Crippen LogP contribution in [0.3, 0.4) is 0 Å². The molecule has 4 rings (SSSR count). The molecule has 0 unspecified atom stereocenters. The average Bonchev–Trinajstić information content (AvgIpc) is 3.22. The molecule has 3 aromatic rings. The van der Waals surface area contributed by atoms with Gasteiger partial charge in [0.2, 0.25) is 0 Å². The molecular formula is C20H20ClN3O4S2. The summed E-state index contributed by atoms with van der Waals surface area (Å²) in [7, 11) is -3.53. The van der Waals surface area contributed by atoms with Crippen LogP contribution in [0.2, 0.25) is 5.02 Å². The van der Waals surface area contributed by atoms with Gasteiger partial charge in [0.05, 0.1) is 36.5 Å². The van der Waals surface area contributed by atoms with E-state index in [-0.39, 0.29) is 16.7 Å². The van der Waals surface area contributed by atoms with Gasteiger partial charge in [0.25, 0.3) is 15.9 Å². The maximum absolute atomic E-state index is 12.7. The standard InChI is InChI=1S/C20H20ClN3O4S2/c1-13-17(11-14-10-15(21)2-4-18(14)23-13)20(25)22-12-16-3-5-19(29-16)30(26,27)24-6-8-28-9-7-24/h2-5,10-11H,6-9,12H2,1H3,(H,22,25). The third kappa shape index (κ3) is 4.35. The summed E-state index contributed by atoms with van der Waals surface area (Å²) in [6, 6.07) is 10.4. The summed E-state index contributed by atoms with van der Waals surface area (Å²) in [6.45, 7) is 3.52. The molecule has 0 radical (unpaired) electrons. The fourth-order valence-corrected chi connectivity index (χ4v) is 6.28. The summed E-state index contributed by atoms with van der Waals surface area (Å²) in [5, 5.41) is 4.21. The molecular weight excluding hydrogens is 446 g/mol. The molecule has 10 heteroatoms. The Hall–Kier alpha value is -2.04. The van der Waals surface area contributed by atoms with Crippen LogP contribution >= 0.6 is 22.9 Å². The van der Waals surface area contributed by atoms with Crippen LogP contribution in [0.5, 0.6) is 0 Å². The van der Waals surface area contributed by atoms with Crippen molar-refractivity contribution in [1.29, 1.82) is 0 Å². The molecule has 1 aliphatic heterocycles. The molecule has 1 aromatic carbocycles. The number of amides is 1. The van der Waals surface area contributed by atoms with Gasteiger partial charge in [-0.15, -0.1) is 11.3 Å². The fourth-order valence-electron chi connectivity index (χ4n) is 3.24. The first-order chi connectivity index (χ1) is 14.3. The molecule has 0 bridgehead atoms. The Morgan fingerprint density at radius 1 is 1.23 bits per heavy atom. The molecule has 0 saturated carbocycles. The number of thiophene rings is 1. The predicted octanol–water partition coefficient (Wildman–Crippen LogP) is 3.21. The van der Waals surface area contributed by atoms with Gasteiger partial charge in [0.1, 0.15) is 4.21 Å². The monoisotopic (exact) mass is 465 g/mol. The van der Waals surface area contributed by atoms with Gasteiger partial charge in [-0.25, -0.2) is 8.42 Å². The number of hydrogen-bond donors (Lipinski definition) is 1. The lowest BCUT2D eigenvalue weighted by Gasteiger charge is -2.25. The van der Waals surface area contributed by atoms with Crippen LogP contribution < -0.4 is 5.32 Å². The van der Waals surface area contributed by atoms with Gasteiger partial charge in [0.15, 0.2) is 0 Å². The molecule has 0 spiro atoms. The summed E-state index contributed by atoms with van der Waals surface area (Å²) in [5.74, 6) is -0.270. The molecule has 1 fully saturated rings. The number of benzene rings is 1. The van der Waals surface area contributed by atoms with Crippen LogP contribution in [-0.4, -0.2) is 49.9 Å². The van der Waals surface area contributed by atoms with Crippen molar-refractivity contribution in [2.45, 2.75) is 17.7 Å². The first-order valence-electron chi connectivity index (χ1n) is 9.36. The van der Waals surface area contributed by atoms with Crippen molar-refractivity contribution in [3.05, 3.63) is 57.6 Å². The van der Waals surface area contributed by atoms with E-state index in [1.54, 1.807) is 37.3 Å². The maximum atomic E-state index is 12.7. The van der Waals surface area contributed by atoms with Gasteiger partial charge in [-0.05, 0) is 43.3 Å². The van der Waals surface area contributed by atoms with Gasteiger partial charge in [-0.1, -0.05) is 11.6 Å². The van der Waals surface area contributed by atoms with Crippen LogP contribution in [-0.2, 0) is 21.3 Å².